The number of fused-ring (bicyclic) bond motifs is 2. The van der Waals surface area contributed by atoms with Crippen LogP contribution in [0.2, 0.25) is 0 Å². The zero-order chi connectivity index (χ0) is 27.6. The van der Waals surface area contributed by atoms with E-state index < -0.39 is 0 Å². The average molecular weight is 534 g/mol. The molecule has 0 unspecified atom stereocenters. The van der Waals surface area contributed by atoms with Gasteiger partial charge in [-0.25, -0.2) is 19.9 Å². The Bertz CT molecular complexity index is 1730. The highest BCUT2D eigenvalue weighted by Gasteiger charge is 2.23. The average Bonchev–Trinajstić information content (AvgIpc) is 3.16. The van der Waals surface area contributed by atoms with Gasteiger partial charge in [0.1, 0.15) is 23.3 Å². The van der Waals surface area contributed by atoms with Crippen LogP contribution in [0.25, 0.3) is 22.1 Å². The van der Waals surface area contributed by atoms with Gasteiger partial charge < -0.3 is 19.5 Å². The number of benzene rings is 2. The van der Waals surface area contributed by atoms with Crippen LogP contribution in [0.4, 0.5) is 11.5 Å². The van der Waals surface area contributed by atoms with Gasteiger partial charge in [-0.05, 0) is 73.9 Å². The molecule has 0 saturated carbocycles. The molecule has 0 spiro atoms. The van der Waals surface area contributed by atoms with E-state index in [0.29, 0.717) is 17.9 Å². The fraction of sp³-hybridized carbons (Fsp3) is 0.258. The highest BCUT2D eigenvalue weighted by atomic mass is 16.5. The van der Waals surface area contributed by atoms with Crippen molar-refractivity contribution in [3.8, 4) is 11.5 Å². The number of hydrogen-bond donors (Lipinski definition) is 1. The number of nitrogens with zero attached hydrogens (tertiary/aromatic N) is 6. The van der Waals surface area contributed by atoms with Crippen LogP contribution >= 0.6 is 0 Å². The van der Waals surface area contributed by atoms with Crippen LogP contribution in [-0.2, 0) is 11.8 Å². The highest BCUT2D eigenvalue weighted by molar-refractivity contribution is 5.88. The number of aromatic nitrogens is 5. The fourth-order valence-electron chi connectivity index (χ4n) is 5.27. The van der Waals surface area contributed by atoms with E-state index in [-0.39, 0.29) is 11.8 Å². The Kier molecular flexibility index (Phi) is 6.86. The second kappa shape index (κ2) is 10.8. The lowest BCUT2D eigenvalue weighted by molar-refractivity contribution is -0.126. The first kappa shape index (κ1) is 25.5. The smallest absolute Gasteiger partial charge is 0.245 e. The van der Waals surface area contributed by atoms with E-state index in [1.807, 2.05) is 72.0 Å². The summed E-state index contributed by atoms with van der Waals surface area (Å²) >= 11 is 0. The Morgan fingerprint density at radius 3 is 2.83 bits per heavy atom. The first-order chi connectivity index (χ1) is 19.5. The summed E-state index contributed by atoms with van der Waals surface area (Å²) in [4.78, 5) is 32.5. The third-order valence-electron chi connectivity index (χ3n) is 7.44. The molecular formula is C31H31N7O2. The van der Waals surface area contributed by atoms with E-state index in [1.165, 1.54) is 6.08 Å². The Morgan fingerprint density at radius 1 is 1.07 bits per heavy atom. The molecule has 4 heterocycles. The maximum absolute atomic E-state index is 12.3. The number of nitrogens with one attached hydrogen (secondary N) is 1. The molecule has 1 atom stereocenters. The van der Waals surface area contributed by atoms with Crippen molar-refractivity contribution >= 4 is 39.5 Å². The first-order valence-electron chi connectivity index (χ1n) is 13.5. The number of imidazole rings is 1. The molecule has 3 aromatic heterocycles. The van der Waals surface area contributed by atoms with Gasteiger partial charge in [-0.2, -0.15) is 0 Å². The zero-order valence-corrected chi connectivity index (χ0v) is 22.7. The summed E-state index contributed by atoms with van der Waals surface area (Å²) in [5, 5.41) is 3.42. The number of carbonyl (C=O) groups excluding carboxylic acids is 1. The normalized spacial score (nSPS) is 15.7. The molecule has 2 aromatic carbocycles. The molecule has 1 saturated heterocycles. The van der Waals surface area contributed by atoms with Crippen molar-refractivity contribution in [3.05, 3.63) is 85.1 Å². The molecule has 5 aromatic rings. The monoisotopic (exact) mass is 533 g/mol. The number of aryl methyl sites for hydroxylation is 2. The predicted molar refractivity (Wildman–Crippen MR) is 156 cm³/mol. The fourth-order valence-corrected chi connectivity index (χ4v) is 5.27. The van der Waals surface area contributed by atoms with Crippen molar-refractivity contribution in [1.29, 1.82) is 0 Å². The van der Waals surface area contributed by atoms with Crippen LogP contribution in [-0.4, -0.2) is 48.4 Å². The molecule has 1 aliphatic heterocycles. The predicted octanol–water partition coefficient (Wildman–Crippen LogP) is 6.04. The van der Waals surface area contributed by atoms with Crippen molar-refractivity contribution in [2.24, 2.45) is 7.05 Å². The molecule has 0 bridgehead atoms. The third-order valence-corrected chi connectivity index (χ3v) is 7.44. The maximum Gasteiger partial charge on any atom is 0.245 e. The maximum atomic E-state index is 12.3. The molecular weight excluding hydrogens is 502 g/mol. The Morgan fingerprint density at radius 2 is 1.98 bits per heavy atom. The summed E-state index contributed by atoms with van der Waals surface area (Å²) in [7, 11) is 1.97. The van der Waals surface area contributed by atoms with Crippen LogP contribution in [0.1, 0.15) is 36.4 Å². The molecule has 9 nitrogen and oxygen atoms in total. The largest absolute Gasteiger partial charge is 0.457 e. The van der Waals surface area contributed by atoms with Gasteiger partial charge in [0.25, 0.3) is 0 Å². The number of anilines is 2. The molecule has 40 heavy (non-hydrogen) atoms. The lowest BCUT2D eigenvalue weighted by atomic mass is 9.98. The second-order valence-electron chi connectivity index (χ2n) is 10.2. The van der Waals surface area contributed by atoms with Crippen LogP contribution in [0.3, 0.4) is 0 Å². The summed E-state index contributed by atoms with van der Waals surface area (Å²) in [6, 6.07) is 15.8. The van der Waals surface area contributed by atoms with E-state index in [9.17, 15) is 4.79 Å². The Labute approximate surface area is 232 Å². The van der Waals surface area contributed by atoms with Gasteiger partial charge in [-0.15, -0.1) is 0 Å². The number of likely N-dealkylation sites (tertiary alicyclic amines) is 1. The van der Waals surface area contributed by atoms with Gasteiger partial charge in [-0.1, -0.05) is 13.0 Å². The van der Waals surface area contributed by atoms with Gasteiger partial charge in [-0.3, -0.25) is 4.79 Å². The first-order valence-corrected chi connectivity index (χ1v) is 13.5. The molecule has 1 N–H and O–H groups in total. The summed E-state index contributed by atoms with van der Waals surface area (Å²) in [6.45, 7) is 7.05. The van der Waals surface area contributed by atoms with Crippen LogP contribution in [0.5, 0.6) is 11.5 Å². The molecule has 1 aliphatic rings. The minimum absolute atomic E-state index is 0.0292. The third kappa shape index (κ3) is 5.10. The lowest BCUT2D eigenvalue weighted by Gasteiger charge is -2.23. The van der Waals surface area contributed by atoms with Crippen molar-refractivity contribution in [2.45, 2.75) is 32.1 Å². The Hall–Kier alpha value is -4.79. The summed E-state index contributed by atoms with van der Waals surface area (Å²) in [6.07, 6.45) is 7.73. The number of rotatable bonds is 6. The molecule has 1 amide bonds. The second-order valence-corrected chi connectivity index (χ2v) is 10.2. The molecule has 0 radical (unpaired) electrons. The van der Waals surface area contributed by atoms with Crippen LogP contribution < -0.4 is 10.1 Å². The van der Waals surface area contributed by atoms with E-state index in [1.54, 1.807) is 12.7 Å². The van der Waals surface area contributed by atoms with Gasteiger partial charge in [0.2, 0.25) is 5.91 Å². The number of hydrogen-bond acceptors (Lipinski definition) is 7. The molecule has 0 aliphatic carbocycles. The van der Waals surface area contributed by atoms with E-state index >= 15 is 0 Å². The van der Waals surface area contributed by atoms with Gasteiger partial charge in [0.15, 0.2) is 5.82 Å². The molecule has 1 fully saturated rings. The standard InChI is InChI=1S/C31H31N7O2/c1-4-29(39)38-14-6-5-7-21(17-38)24-10-11-25-30(36-24)31(33-18-32-25)35-22-8-13-28(20(2)15-22)40-23-9-12-27-26(16-23)34-19-37(27)3/h4,8-13,15-16,18-19,21H,1,5-7,14,17H2,2-3H3,(H,32,33,35)/t21-/m1/s1. The number of pyridine rings is 1. The highest BCUT2D eigenvalue weighted by Crippen LogP contribution is 2.32. The lowest BCUT2D eigenvalue weighted by Crippen LogP contribution is -2.32. The van der Waals surface area contributed by atoms with E-state index in [2.05, 4.69) is 26.8 Å². The van der Waals surface area contributed by atoms with E-state index in [4.69, 9.17) is 9.72 Å². The topological polar surface area (TPSA) is 98.1 Å². The summed E-state index contributed by atoms with van der Waals surface area (Å²) < 4.78 is 8.16. The minimum Gasteiger partial charge on any atom is -0.457 e. The van der Waals surface area contributed by atoms with E-state index in [0.717, 1.165) is 70.8 Å². The molecule has 202 valence electrons. The van der Waals surface area contributed by atoms with Gasteiger partial charge in [0, 0.05) is 43.5 Å². The number of carbonyl (C=O) groups is 1. The van der Waals surface area contributed by atoms with Crippen LogP contribution in [0, 0.1) is 6.92 Å². The van der Waals surface area contributed by atoms with Crippen molar-refractivity contribution < 1.29 is 9.53 Å². The van der Waals surface area contributed by atoms with Gasteiger partial charge in [0.05, 0.1) is 22.9 Å². The molecule has 9 heteroatoms. The molecule has 6 rings (SSSR count). The SMILES string of the molecule is C=CC(=O)N1CCCC[C@@H](c2ccc3ncnc(Nc4ccc(Oc5ccc6c(c5)ncn6C)c(C)c4)c3n2)C1. The summed E-state index contributed by atoms with van der Waals surface area (Å²) in [5.41, 5.74) is 6.20. The van der Waals surface area contributed by atoms with Gasteiger partial charge >= 0.3 is 0 Å². The van der Waals surface area contributed by atoms with Crippen molar-refractivity contribution in [3.63, 3.8) is 0 Å². The quantitative estimate of drug-likeness (QED) is 0.266. The number of amides is 1. The number of ether oxygens (including phenoxy) is 1. The minimum atomic E-state index is -0.0292. The Balaban J connectivity index is 1.24. The van der Waals surface area contributed by atoms with Crippen molar-refractivity contribution in [2.75, 3.05) is 18.4 Å². The summed E-state index contributed by atoms with van der Waals surface area (Å²) in [5.74, 6) is 2.25. The zero-order valence-electron chi connectivity index (χ0n) is 22.7. The van der Waals surface area contributed by atoms with Crippen LogP contribution in [0.15, 0.2) is 73.8 Å². The van der Waals surface area contributed by atoms with Crippen molar-refractivity contribution in [1.82, 2.24) is 29.4 Å².